The summed E-state index contributed by atoms with van der Waals surface area (Å²) < 4.78 is 5.29. The molecule has 1 saturated heterocycles. The van der Waals surface area contributed by atoms with Crippen LogP contribution in [0.1, 0.15) is 18.5 Å². The smallest absolute Gasteiger partial charge is 0.317 e. The van der Waals surface area contributed by atoms with Gasteiger partial charge in [-0.2, -0.15) is 0 Å². The lowest BCUT2D eigenvalue weighted by Gasteiger charge is -2.36. The SMILES string of the molecule is COc1cccc(C(C)NC(=O)N2CCN(c3ncnc4[nH]c(-c5ccncc5)cc34)CC2)c1. The molecule has 3 aromatic heterocycles. The van der Waals surface area contributed by atoms with Crippen molar-refractivity contribution < 1.29 is 9.53 Å². The van der Waals surface area contributed by atoms with Crippen molar-refractivity contribution in [1.29, 1.82) is 0 Å². The summed E-state index contributed by atoms with van der Waals surface area (Å²) in [4.78, 5) is 33.4. The van der Waals surface area contributed by atoms with Gasteiger partial charge in [0.2, 0.25) is 0 Å². The molecule has 174 valence electrons. The molecule has 1 unspecified atom stereocenters. The van der Waals surface area contributed by atoms with E-state index in [1.165, 1.54) is 0 Å². The third-order valence-electron chi connectivity index (χ3n) is 6.20. The Morgan fingerprint density at radius 2 is 1.88 bits per heavy atom. The van der Waals surface area contributed by atoms with Crippen LogP contribution in [0.4, 0.5) is 10.6 Å². The number of ether oxygens (including phenoxy) is 1. The van der Waals surface area contributed by atoms with E-state index in [9.17, 15) is 4.79 Å². The molecule has 5 rings (SSSR count). The number of fused-ring (bicyclic) bond motifs is 1. The number of hydrogen-bond acceptors (Lipinski definition) is 6. The van der Waals surface area contributed by atoms with Gasteiger partial charge in [-0.1, -0.05) is 12.1 Å². The van der Waals surface area contributed by atoms with Gasteiger partial charge in [0.05, 0.1) is 18.5 Å². The Labute approximate surface area is 197 Å². The molecule has 1 fully saturated rings. The van der Waals surface area contributed by atoms with Gasteiger partial charge in [0.1, 0.15) is 23.5 Å². The maximum atomic E-state index is 12.9. The Balaban J connectivity index is 1.25. The Hall–Kier alpha value is -4.14. The molecular weight excluding hydrogens is 430 g/mol. The van der Waals surface area contributed by atoms with E-state index in [4.69, 9.17) is 4.74 Å². The molecule has 9 heteroatoms. The van der Waals surface area contributed by atoms with Gasteiger partial charge in [0, 0.05) is 49.8 Å². The van der Waals surface area contributed by atoms with E-state index >= 15 is 0 Å². The first-order chi connectivity index (χ1) is 16.6. The minimum atomic E-state index is -0.117. The summed E-state index contributed by atoms with van der Waals surface area (Å²) in [5.41, 5.74) is 3.82. The molecule has 9 nitrogen and oxygen atoms in total. The summed E-state index contributed by atoms with van der Waals surface area (Å²) in [6.45, 7) is 4.60. The summed E-state index contributed by atoms with van der Waals surface area (Å²) in [7, 11) is 1.64. The highest BCUT2D eigenvalue weighted by Gasteiger charge is 2.25. The number of nitrogens with zero attached hydrogens (tertiary/aromatic N) is 5. The van der Waals surface area contributed by atoms with Crippen LogP contribution >= 0.6 is 0 Å². The van der Waals surface area contributed by atoms with Crippen LogP contribution in [0.5, 0.6) is 5.75 Å². The molecule has 4 heterocycles. The first-order valence-corrected chi connectivity index (χ1v) is 11.3. The maximum Gasteiger partial charge on any atom is 0.317 e. The second-order valence-corrected chi connectivity index (χ2v) is 8.30. The quantitative estimate of drug-likeness (QED) is 0.475. The number of carbonyl (C=O) groups excluding carboxylic acids is 1. The number of aromatic nitrogens is 4. The first kappa shape index (κ1) is 21.7. The average Bonchev–Trinajstić information content (AvgIpc) is 3.34. The highest BCUT2D eigenvalue weighted by Crippen LogP contribution is 2.29. The number of piperazine rings is 1. The van der Waals surface area contributed by atoms with Crippen molar-refractivity contribution in [2.75, 3.05) is 38.2 Å². The lowest BCUT2D eigenvalue weighted by molar-refractivity contribution is 0.191. The van der Waals surface area contributed by atoms with Crippen molar-refractivity contribution in [3.05, 3.63) is 66.7 Å². The molecule has 4 aromatic rings. The molecule has 1 aliphatic heterocycles. The molecule has 2 amide bonds. The minimum absolute atomic E-state index is 0.0653. The molecule has 0 aliphatic carbocycles. The Bertz CT molecular complexity index is 1280. The number of urea groups is 1. The number of amides is 2. The summed E-state index contributed by atoms with van der Waals surface area (Å²) in [6.07, 6.45) is 5.12. The van der Waals surface area contributed by atoms with E-state index in [1.807, 2.05) is 48.2 Å². The van der Waals surface area contributed by atoms with Gasteiger partial charge in [-0.3, -0.25) is 4.98 Å². The molecule has 0 saturated carbocycles. The minimum Gasteiger partial charge on any atom is -0.497 e. The molecule has 0 spiro atoms. The first-order valence-electron chi connectivity index (χ1n) is 11.3. The van der Waals surface area contributed by atoms with Crippen molar-refractivity contribution in [2.45, 2.75) is 13.0 Å². The van der Waals surface area contributed by atoms with Gasteiger partial charge in [0.25, 0.3) is 0 Å². The fourth-order valence-corrected chi connectivity index (χ4v) is 4.26. The average molecular weight is 458 g/mol. The second-order valence-electron chi connectivity index (χ2n) is 8.30. The highest BCUT2D eigenvalue weighted by atomic mass is 16.5. The van der Waals surface area contributed by atoms with Crippen LogP contribution in [-0.2, 0) is 0 Å². The van der Waals surface area contributed by atoms with Gasteiger partial charge in [-0.25, -0.2) is 14.8 Å². The number of H-pyrrole nitrogens is 1. The number of nitrogens with one attached hydrogen (secondary N) is 2. The van der Waals surface area contributed by atoms with Crippen LogP contribution in [0.3, 0.4) is 0 Å². The third kappa shape index (κ3) is 4.36. The zero-order chi connectivity index (χ0) is 23.5. The molecule has 1 aliphatic rings. The second kappa shape index (κ2) is 9.38. The topological polar surface area (TPSA) is 99.3 Å². The number of methoxy groups -OCH3 is 1. The zero-order valence-electron chi connectivity index (χ0n) is 19.2. The molecular formula is C25H27N7O2. The zero-order valence-corrected chi connectivity index (χ0v) is 19.2. The van der Waals surface area contributed by atoms with E-state index < -0.39 is 0 Å². The highest BCUT2D eigenvalue weighted by molar-refractivity contribution is 5.92. The summed E-state index contributed by atoms with van der Waals surface area (Å²) in [5.74, 6) is 1.66. The van der Waals surface area contributed by atoms with Crippen LogP contribution in [0.2, 0.25) is 0 Å². The lowest BCUT2D eigenvalue weighted by atomic mass is 10.1. The fourth-order valence-electron chi connectivity index (χ4n) is 4.26. The van der Waals surface area contributed by atoms with Crippen molar-refractivity contribution in [3.8, 4) is 17.0 Å². The number of hydrogen-bond donors (Lipinski definition) is 2. The van der Waals surface area contributed by atoms with E-state index in [2.05, 4.69) is 36.2 Å². The maximum absolute atomic E-state index is 12.9. The monoisotopic (exact) mass is 457 g/mol. The number of pyridine rings is 1. The predicted molar refractivity (Wildman–Crippen MR) is 131 cm³/mol. The largest absolute Gasteiger partial charge is 0.497 e. The molecule has 1 atom stereocenters. The molecule has 2 N–H and O–H groups in total. The Morgan fingerprint density at radius 1 is 1.09 bits per heavy atom. The number of benzene rings is 1. The van der Waals surface area contributed by atoms with E-state index in [0.29, 0.717) is 26.2 Å². The molecule has 0 bridgehead atoms. The standard InChI is InChI=1S/C25H27N7O2/c1-17(19-4-3-5-20(14-19)34-2)29-25(33)32-12-10-31(11-13-32)24-21-15-22(18-6-8-26-9-7-18)30-23(21)27-16-28-24/h3-9,14-17H,10-13H2,1-2H3,(H,29,33)(H,27,28,30). The van der Waals surface area contributed by atoms with Gasteiger partial charge in [-0.05, 0) is 42.8 Å². The van der Waals surface area contributed by atoms with E-state index in [1.54, 1.807) is 25.8 Å². The van der Waals surface area contributed by atoms with Crippen LogP contribution in [0.15, 0.2) is 61.2 Å². The number of carbonyl (C=O) groups is 1. The summed E-state index contributed by atoms with van der Waals surface area (Å²) in [6, 6.07) is 13.6. The van der Waals surface area contributed by atoms with E-state index in [-0.39, 0.29) is 12.1 Å². The van der Waals surface area contributed by atoms with Gasteiger partial charge >= 0.3 is 6.03 Å². The number of anilines is 1. The lowest BCUT2D eigenvalue weighted by Crippen LogP contribution is -2.52. The third-order valence-corrected chi connectivity index (χ3v) is 6.20. The summed E-state index contributed by atoms with van der Waals surface area (Å²) >= 11 is 0. The Morgan fingerprint density at radius 3 is 2.65 bits per heavy atom. The van der Waals surface area contributed by atoms with Crippen LogP contribution in [-0.4, -0.2) is 64.2 Å². The Kier molecular flexibility index (Phi) is 5.99. The van der Waals surface area contributed by atoms with Gasteiger partial charge in [0.15, 0.2) is 0 Å². The van der Waals surface area contributed by atoms with Gasteiger partial charge < -0.3 is 24.8 Å². The fraction of sp³-hybridized carbons (Fsp3) is 0.280. The predicted octanol–water partition coefficient (Wildman–Crippen LogP) is 3.62. The van der Waals surface area contributed by atoms with Crippen molar-refractivity contribution in [1.82, 2.24) is 30.2 Å². The van der Waals surface area contributed by atoms with Crippen LogP contribution in [0, 0.1) is 0 Å². The molecule has 1 aromatic carbocycles. The molecule has 34 heavy (non-hydrogen) atoms. The van der Waals surface area contributed by atoms with Crippen molar-refractivity contribution in [3.63, 3.8) is 0 Å². The van der Waals surface area contributed by atoms with Crippen LogP contribution in [0.25, 0.3) is 22.3 Å². The normalized spacial score (nSPS) is 14.8. The van der Waals surface area contributed by atoms with E-state index in [0.717, 1.165) is 39.4 Å². The summed E-state index contributed by atoms with van der Waals surface area (Å²) in [5, 5.41) is 4.07. The molecule has 0 radical (unpaired) electrons. The van der Waals surface area contributed by atoms with Gasteiger partial charge in [-0.15, -0.1) is 0 Å². The van der Waals surface area contributed by atoms with Crippen LogP contribution < -0.4 is 15.0 Å². The van der Waals surface area contributed by atoms with Crippen molar-refractivity contribution in [2.24, 2.45) is 0 Å². The number of rotatable bonds is 5. The van der Waals surface area contributed by atoms with Crippen molar-refractivity contribution >= 4 is 22.9 Å². The number of aromatic amines is 1.